The predicted octanol–water partition coefficient (Wildman–Crippen LogP) is 9.27. The van der Waals surface area contributed by atoms with Crippen LogP contribution in [-0.4, -0.2) is 26.6 Å². The van der Waals surface area contributed by atoms with Crippen LogP contribution in [0.5, 0.6) is 0 Å². The van der Waals surface area contributed by atoms with Crippen molar-refractivity contribution < 1.29 is 9.47 Å². The van der Waals surface area contributed by atoms with Crippen molar-refractivity contribution >= 4 is 23.8 Å². The van der Waals surface area contributed by atoms with Gasteiger partial charge in [-0.1, -0.05) is 107 Å². The standard InChI is InChI=1S/C34H52N2O2/c1-31(2,3)25-17-23(21-37-13)29(27(19-25)33(7,8)9)35-15-16-36-30-24(22-38-14)18-26(32(4,5)6)20-28(30)34(10,11)12/h15-20H,21-22H2,1-14H3. The van der Waals surface area contributed by atoms with Gasteiger partial charge in [0, 0.05) is 37.8 Å². The molecule has 0 saturated carbocycles. The second kappa shape index (κ2) is 11.8. The first-order valence-electron chi connectivity index (χ1n) is 13.7. The van der Waals surface area contributed by atoms with E-state index < -0.39 is 0 Å². The van der Waals surface area contributed by atoms with Gasteiger partial charge in [0.2, 0.25) is 0 Å². The van der Waals surface area contributed by atoms with Crippen molar-refractivity contribution in [2.75, 3.05) is 14.2 Å². The van der Waals surface area contributed by atoms with Gasteiger partial charge in [0.15, 0.2) is 0 Å². The molecule has 0 amide bonds. The fraction of sp³-hybridized carbons (Fsp3) is 0.588. The first-order chi connectivity index (χ1) is 17.3. The van der Waals surface area contributed by atoms with Gasteiger partial charge in [-0.25, -0.2) is 0 Å². The second-order valence-corrected chi connectivity index (χ2v) is 14.5. The minimum Gasteiger partial charge on any atom is -0.380 e. The number of ether oxygens (including phenoxy) is 2. The normalized spacial score (nSPS) is 13.7. The van der Waals surface area contributed by atoms with E-state index in [2.05, 4.69) is 107 Å². The summed E-state index contributed by atoms with van der Waals surface area (Å²) in [4.78, 5) is 9.94. The summed E-state index contributed by atoms with van der Waals surface area (Å²) in [5.74, 6) is 0. The third-order valence-corrected chi connectivity index (χ3v) is 6.80. The van der Waals surface area contributed by atoms with Crippen LogP contribution < -0.4 is 0 Å². The Morgan fingerprint density at radius 1 is 0.526 bits per heavy atom. The van der Waals surface area contributed by atoms with Crippen LogP contribution in [0.15, 0.2) is 34.3 Å². The van der Waals surface area contributed by atoms with E-state index in [4.69, 9.17) is 19.5 Å². The number of nitrogens with zero attached hydrogens (tertiary/aromatic N) is 2. The highest BCUT2D eigenvalue weighted by Crippen LogP contribution is 2.40. The highest BCUT2D eigenvalue weighted by atomic mass is 16.5. The molecule has 0 spiro atoms. The lowest BCUT2D eigenvalue weighted by Crippen LogP contribution is -2.18. The molecule has 0 atom stereocenters. The summed E-state index contributed by atoms with van der Waals surface area (Å²) < 4.78 is 11.2. The average molecular weight is 521 g/mol. The van der Waals surface area contributed by atoms with Crippen LogP contribution in [0.2, 0.25) is 0 Å². The van der Waals surface area contributed by atoms with Crippen molar-refractivity contribution in [3.8, 4) is 0 Å². The Kier molecular flexibility index (Phi) is 9.94. The Morgan fingerprint density at radius 3 is 1.08 bits per heavy atom. The monoisotopic (exact) mass is 520 g/mol. The molecule has 4 nitrogen and oxygen atoms in total. The quantitative estimate of drug-likeness (QED) is 0.341. The van der Waals surface area contributed by atoms with Gasteiger partial charge in [-0.15, -0.1) is 0 Å². The molecular weight excluding hydrogens is 468 g/mol. The van der Waals surface area contributed by atoms with Gasteiger partial charge in [-0.05, 0) is 43.9 Å². The number of rotatable bonds is 7. The zero-order valence-corrected chi connectivity index (χ0v) is 26.6. The Bertz CT molecular complexity index is 1070. The van der Waals surface area contributed by atoms with E-state index in [-0.39, 0.29) is 21.7 Å². The maximum Gasteiger partial charge on any atom is 0.0734 e. The topological polar surface area (TPSA) is 43.2 Å². The second-order valence-electron chi connectivity index (χ2n) is 14.5. The molecule has 0 aliphatic carbocycles. The number of benzene rings is 2. The molecule has 0 fully saturated rings. The minimum atomic E-state index is -0.0681. The summed E-state index contributed by atoms with van der Waals surface area (Å²) >= 11 is 0. The fourth-order valence-electron chi connectivity index (χ4n) is 4.45. The van der Waals surface area contributed by atoms with Crippen molar-refractivity contribution in [3.05, 3.63) is 57.6 Å². The molecule has 0 aromatic heterocycles. The van der Waals surface area contributed by atoms with Crippen LogP contribution in [0.1, 0.15) is 116 Å². The van der Waals surface area contributed by atoms with Crippen LogP contribution in [0, 0.1) is 0 Å². The van der Waals surface area contributed by atoms with Crippen molar-refractivity contribution in [1.82, 2.24) is 0 Å². The number of methoxy groups -OCH3 is 2. The summed E-state index contributed by atoms with van der Waals surface area (Å²) in [6.07, 6.45) is 3.64. The van der Waals surface area contributed by atoms with Crippen LogP contribution in [0.3, 0.4) is 0 Å². The highest BCUT2D eigenvalue weighted by molar-refractivity contribution is 6.17. The summed E-state index contributed by atoms with van der Waals surface area (Å²) in [5.41, 5.74) is 9.07. The van der Waals surface area contributed by atoms with Crippen LogP contribution >= 0.6 is 0 Å². The maximum absolute atomic E-state index is 5.59. The van der Waals surface area contributed by atoms with Crippen LogP contribution in [0.25, 0.3) is 0 Å². The molecule has 4 heteroatoms. The molecule has 2 aromatic rings. The van der Waals surface area contributed by atoms with E-state index in [1.807, 2.05) is 12.4 Å². The molecule has 2 aromatic carbocycles. The third kappa shape index (κ3) is 8.10. The lowest BCUT2D eigenvalue weighted by Gasteiger charge is -2.28. The Morgan fingerprint density at radius 2 is 0.842 bits per heavy atom. The number of aliphatic imine (C=N–C) groups is 2. The van der Waals surface area contributed by atoms with Gasteiger partial charge < -0.3 is 9.47 Å². The van der Waals surface area contributed by atoms with Gasteiger partial charge in [-0.2, -0.15) is 0 Å². The molecule has 0 N–H and O–H groups in total. The van der Waals surface area contributed by atoms with Crippen molar-refractivity contribution in [3.63, 3.8) is 0 Å². The molecule has 0 aliphatic heterocycles. The first kappa shape index (κ1) is 31.9. The average Bonchev–Trinajstić information content (AvgIpc) is 2.75. The van der Waals surface area contributed by atoms with E-state index in [1.54, 1.807) is 14.2 Å². The van der Waals surface area contributed by atoms with E-state index in [9.17, 15) is 0 Å². The zero-order chi connectivity index (χ0) is 29.1. The molecule has 0 heterocycles. The molecule has 0 aliphatic rings. The van der Waals surface area contributed by atoms with Crippen molar-refractivity contribution in [2.24, 2.45) is 9.98 Å². The number of hydrogen-bond donors (Lipinski definition) is 0. The van der Waals surface area contributed by atoms with Gasteiger partial charge in [-0.3, -0.25) is 9.98 Å². The summed E-state index contributed by atoms with van der Waals surface area (Å²) in [6, 6.07) is 9.09. The molecular formula is C34H52N2O2. The van der Waals surface area contributed by atoms with E-state index >= 15 is 0 Å². The lowest BCUT2D eigenvalue weighted by atomic mass is 9.78. The maximum atomic E-state index is 5.59. The largest absolute Gasteiger partial charge is 0.380 e. The Labute approximate surface area is 233 Å². The van der Waals surface area contributed by atoms with Gasteiger partial charge in [0.1, 0.15) is 0 Å². The number of hydrogen-bond acceptors (Lipinski definition) is 4. The van der Waals surface area contributed by atoms with E-state index in [0.29, 0.717) is 13.2 Å². The lowest BCUT2D eigenvalue weighted by molar-refractivity contribution is 0.185. The van der Waals surface area contributed by atoms with Gasteiger partial charge in [0.05, 0.1) is 24.6 Å². The van der Waals surface area contributed by atoms with E-state index in [0.717, 1.165) is 22.5 Å². The molecule has 2 rings (SSSR count). The SMILES string of the molecule is COCc1cc(C(C)(C)C)cc(C(C)(C)C)c1N=CC=Nc1c(COC)cc(C(C)(C)C)cc1C(C)(C)C. The van der Waals surface area contributed by atoms with E-state index in [1.165, 1.54) is 22.3 Å². The molecule has 0 saturated heterocycles. The molecule has 0 radical (unpaired) electrons. The first-order valence-corrected chi connectivity index (χ1v) is 13.7. The molecule has 0 unspecified atom stereocenters. The third-order valence-electron chi connectivity index (χ3n) is 6.80. The molecule has 210 valence electrons. The predicted molar refractivity (Wildman–Crippen MR) is 165 cm³/mol. The van der Waals surface area contributed by atoms with Gasteiger partial charge in [0.25, 0.3) is 0 Å². The highest BCUT2D eigenvalue weighted by Gasteiger charge is 2.26. The molecule has 38 heavy (non-hydrogen) atoms. The fourth-order valence-corrected chi connectivity index (χ4v) is 4.45. The van der Waals surface area contributed by atoms with Gasteiger partial charge >= 0.3 is 0 Å². The molecule has 0 bridgehead atoms. The summed E-state index contributed by atoms with van der Waals surface area (Å²) in [5, 5.41) is 0. The smallest absolute Gasteiger partial charge is 0.0734 e. The Balaban J connectivity index is 2.68. The van der Waals surface area contributed by atoms with Crippen molar-refractivity contribution in [1.29, 1.82) is 0 Å². The van der Waals surface area contributed by atoms with Crippen molar-refractivity contribution in [2.45, 2.75) is 118 Å². The zero-order valence-electron chi connectivity index (χ0n) is 26.6. The van der Waals surface area contributed by atoms with Crippen LogP contribution in [-0.2, 0) is 44.3 Å². The minimum absolute atomic E-state index is 0.0342. The van der Waals surface area contributed by atoms with Crippen LogP contribution in [0.4, 0.5) is 11.4 Å². The summed E-state index contributed by atoms with van der Waals surface area (Å²) in [7, 11) is 3.48. The Hall–Kier alpha value is -2.30. The summed E-state index contributed by atoms with van der Waals surface area (Å²) in [6.45, 7) is 27.9.